The topological polar surface area (TPSA) is 55.1 Å². The number of benzene rings is 1. The van der Waals surface area contributed by atoms with Gasteiger partial charge in [-0.15, -0.1) is 11.3 Å². The molecule has 0 atom stereocenters. The van der Waals surface area contributed by atoms with Crippen LogP contribution < -0.4 is 11.1 Å². The highest BCUT2D eigenvalue weighted by Gasteiger charge is 2.06. The van der Waals surface area contributed by atoms with Gasteiger partial charge in [0.05, 0.1) is 0 Å². The number of nitrogens with two attached hydrogens (primary N) is 1. The molecule has 2 rings (SSSR count). The normalized spacial score (nSPS) is 10.3. The first-order chi connectivity index (χ1) is 8.58. The molecule has 0 aliphatic carbocycles. The van der Waals surface area contributed by atoms with E-state index in [9.17, 15) is 4.79 Å². The van der Waals surface area contributed by atoms with Crippen LogP contribution >= 0.6 is 11.3 Å². The fourth-order valence-corrected chi connectivity index (χ4v) is 2.58. The van der Waals surface area contributed by atoms with Crippen LogP contribution in [0.1, 0.15) is 27.7 Å². The summed E-state index contributed by atoms with van der Waals surface area (Å²) in [6.45, 7) is 4.39. The Morgan fingerprint density at radius 3 is 2.78 bits per heavy atom. The number of nitrogen functional groups attached to an aromatic ring is 1. The molecule has 1 aromatic heterocycles. The van der Waals surface area contributed by atoms with Crippen molar-refractivity contribution in [1.82, 2.24) is 0 Å². The largest absolute Gasteiger partial charge is 0.398 e. The maximum absolute atomic E-state index is 11.4. The van der Waals surface area contributed by atoms with Gasteiger partial charge < -0.3 is 11.1 Å². The van der Waals surface area contributed by atoms with E-state index in [1.54, 1.807) is 23.5 Å². The van der Waals surface area contributed by atoms with Crippen LogP contribution in [-0.2, 0) is 6.54 Å². The summed E-state index contributed by atoms with van der Waals surface area (Å²) >= 11 is 1.73. The van der Waals surface area contributed by atoms with Crippen molar-refractivity contribution in [3.63, 3.8) is 0 Å². The number of Topliss-reactive ketones (excluding diaryl/α,β-unsaturated/α-hetero) is 1. The number of aryl methyl sites for hydroxylation is 1. The molecule has 0 radical (unpaired) electrons. The lowest BCUT2D eigenvalue weighted by atomic mass is 10.1. The highest BCUT2D eigenvalue weighted by atomic mass is 32.1. The van der Waals surface area contributed by atoms with E-state index in [2.05, 4.69) is 23.7 Å². The van der Waals surface area contributed by atoms with Gasteiger partial charge in [0, 0.05) is 28.4 Å². The Morgan fingerprint density at radius 1 is 1.39 bits per heavy atom. The molecule has 0 spiro atoms. The summed E-state index contributed by atoms with van der Waals surface area (Å²) in [6.07, 6.45) is 0. The Hall–Kier alpha value is -1.81. The zero-order valence-corrected chi connectivity index (χ0v) is 11.3. The minimum absolute atomic E-state index is 0.0107. The summed E-state index contributed by atoms with van der Waals surface area (Å²) in [6, 6.07) is 7.57. The molecule has 2 aromatic rings. The van der Waals surface area contributed by atoms with Crippen LogP contribution in [0.3, 0.4) is 0 Å². The third-order valence-electron chi connectivity index (χ3n) is 2.85. The lowest BCUT2D eigenvalue weighted by Gasteiger charge is -2.09. The van der Waals surface area contributed by atoms with Crippen LogP contribution in [0.4, 0.5) is 11.4 Å². The number of rotatable bonds is 4. The zero-order valence-electron chi connectivity index (χ0n) is 10.5. The molecule has 3 N–H and O–H groups in total. The van der Waals surface area contributed by atoms with Crippen molar-refractivity contribution in [2.75, 3.05) is 11.1 Å². The Morgan fingerprint density at radius 2 is 2.17 bits per heavy atom. The molecule has 0 amide bonds. The van der Waals surface area contributed by atoms with E-state index >= 15 is 0 Å². The van der Waals surface area contributed by atoms with Crippen molar-refractivity contribution in [3.8, 4) is 0 Å². The molecule has 0 unspecified atom stereocenters. The Labute approximate surface area is 111 Å². The van der Waals surface area contributed by atoms with E-state index in [1.165, 1.54) is 17.4 Å². The van der Waals surface area contributed by atoms with Crippen molar-refractivity contribution in [2.45, 2.75) is 20.4 Å². The number of nitrogens with one attached hydrogen (secondary N) is 1. The van der Waals surface area contributed by atoms with Crippen LogP contribution in [0.2, 0.25) is 0 Å². The second kappa shape index (κ2) is 5.23. The number of carbonyl (C=O) groups excluding carboxylic acids is 1. The molecular formula is C14H16N2OS. The van der Waals surface area contributed by atoms with Crippen LogP contribution in [0.5, 0.6) is 0 Å². The quantitative estimate of drug-likeness (QED) is 0.654. The molecular weight excluding hydrogens is 244 g/mol. The predicted octanol–water partition coefficient (Wildman–Crippen LogP) is 3.45. The number of hydrogen-bond acceptors (Lipinski definition) is 4. The Kier molecular flexibility index (Phi) is 3.67. The first kappa shape index (κ1) is 12.6. The lowest BCUT2D eigenvalue weighted by molar-refractivity contribution is 0.101. The first-order valence-electron chi connectivity index (χ1n) is 5.75. The van der Waals surface area contributed by atoms with E-state index in [0.29, 0.717) is 11.3 Å². The Balaban J connectivity index is 2.13. The maximum Gasteiger partial charge on any atom is 0.161 e. The number of thiophene rings is 1. The fourth-order valence-electron chi connectivity index (χ4n) is 1.74. The van der Waals surface area contributed by atoms with Gasteiger partial charge in [0.15, 0.2) is 5.78 Å². The molecule has 1 heterocycles. The molecule has 1 aromatic carbocycles. The SMILES string of the molecule is CC(=O)c1cc(NCc2sccc2C)ccc1N. The third-order valence-corrected chi connectivity index (χ3v) is 3.88. The van der Waals surface area contributed by atoms with Gasteiger partial charge in [0.2, 0.25) is 0 Å². The number of ketones is 1. The monoisotopic (exact) mass is 260 g/mol. The van der Waals surface area contributed by atoms with Gasteiger partial charge in [-0.1, -0.05) is 0 Å². The summed E-state index contributed by atoms with van der Waals surface area (Å²) in [5.41, 5.74) is 9.06. The average Bonchev–Trinajstić information content (AvgIpc) is 2.73. The van der Waals surface area contributed by atoms with Gasteiger partial charge in [-0.2, -0.15) is 0 Å². The molecule has 0 bridgehead atoms. The maximum atomic E-state index is 11.4. The standard InChI is InChI=1S/C14H16N2OS/c1-9-5-6-18-14(9)8-16-11-3-4-13(15)12(7-11)10(2)17/h3-7,16H,8,15H2,1-2H3. The smallest absolute Gasteiger partial charge is 0.161 e. The lowest BCUT2D eigenvalue weighted by Crippen LogP contribution is -2.03. The highest BCUT2D eigenvalue weighted by Crippen LogP contribution is 2.21. The number of carbonyl (C=O) groups is 1. The zero-order chi connectivity index (χ0) is 13.1. The van der Waals surface area contributed by atoms with Gasteiger partial charge in [-0.25, -0.2) is 0 Å². The number of hydrogen-bond donors (Lipinski definition) is 2. The second-order valence-corrected chi connectivity index (χ2v) is 5.24. The molecule has 0 fully saturated rings. The third kappa shape index (κ3) is 2.71. The van der Waals surface area contributed by atoms with Crippen LogP contribution in [0, 0.1) is 6.92 Å². The molecule has 4 heteroatoms. The van der Waals surface area contributed by atoms with E-state index in [1.807, 2.05) is 6.07 Å². The summed E-state index contributed by atoms with van der Waals surface area (Å²) in [7, 11) is 0. The number of anilines is 2. The van der Waals surface area contributed by atoms with Gasteiger partial charge in [-0.3, -0.25) is 4.79 Å². The van der Waals surface area contributed by atoms with Gasteiger partial charge in [-0.05, 0) is 49.1 Å². The average molecular weight is 260 g/mol. The van der Waals surface area contributed by atoms with Crippen molar-refractivity contribution >= 4 is 28.5 Å². The van der Waals surface area contributed by atoms with Crippen molar-refractivity contribution in [3.05, 3.63) is 45.6 Å². The van der Waals surface area contributed by atoms with Gasteiger partial charge >= 0.3 is 0 Å². The summed E-state index contributed by atoms with van der Waals surface area (Å²) in [5, 5.41) is 5.39. The van der Waals surface area contributed by atoms with Crippen LogP contribution in [0.25, 0.3) is 0 Å². The summed E-state index contributed by atoms with van der Waals surface area (Å²) < 4.78 is 0. The summed E-state index contributed by atoms with van der Waals surface area (Å²) in [5.74, 6) is -0.0107. The van der Waals surface area contributed by atoms with E-state index in [4.69, 9.17) is 5.73 Å². The summed E-state index contributed by atoms with van der Waals surface area (Å²) in [4.78, 5) is 12.7. The second-order valence-electron chi connectivity index (χ2n) is 4.24. The highest BCUT2D eigenvalue weighted by molar-refractivity contribution is 7.10. The van der Waals surface area contributed by atoms with Gasteiger partial charge in [0.1, 0.15) is 0 Å². The van der Waals surface area contributed by atoms with Crippen molar-refractivity contribution in [2.24, 2.45) is 0 Å². The molecule has 0 aliphatic heterocycles. The minimum atomic E-state index is -0.0107. The van der Waals surface area contributed by atoms with Crippen LogP contribution in [0.15, 0.2) is 29.6 Å². The molecule has 94 valence electrons. The Bertz CT molecular complexity index is 575. The molecule has 18 heavy (non-hydrogen) atoms. The minimum Gasteiger partial charge on any atom is -0.398 e. The fraction of sp³-hybridized carbons (Fsp3) is 0.214. The van der Waals surface area contributed by atoms with Crippen LogP contribution in [-0.4, -0.2) is 5.78 Å². The molecule has 0 saturated heterocycles. The molecule has 0 aliphatic rings. The predicted molar refractivity (Wildman–Crippen MR) is 77.2 cm³/mol. The van der Waals surface area contributed by atoms with E-state index < -0.39 is 0 Å². The molecule has 0 saturated carbocycles. The first-order valence-corrected chi connectivity index (χ1v) is 6.63. The van der Waals surface area contributed by atoms with E-state index in [-0.39, 0.29) is 5.78 Å². The van der Waals surface area contributed by atoms with Crippen molar-refractivity contribution < 1.29 is 4.79 Å². The van der Waals surface area contributed by atoms with E-state index in [0.717, 1.165) is 12.2 Å². The molecule has 3 nitrogen and oxygen atoms in total. The van der Waals surface area contributed by atoms with Crippen molar-refractivity contribution in [1.29, 1.82) is 0 Å². The van der Waals surface area contributed by atoms with Gasteiger partial charge in [0.25, 0.3) is 0 Å².